The molecule has 0 saturated heterocycles. The Hall–Kier alpha value is -8.77. The van der Waals surface area contributed by atoms with Crippen LogP contribution < -0.4 is 9.30 Å². The largest absolute Gasteiger partial charge is 0.510 e. The van der Waals surface area contributed by atoms with Crippen LogP contribution in [0.15, 0.2) is 219 Å². The van der Waals surface area contributed by atoms with Crippen LogP contribution in [0.2, 0.25) is 0 Å². The van der Waals surface area contributed by atoms with E-state index in [1.165, 1.54) is 21.7 Å². The summed E-state index contributed by atoms with van der Waals surface area (Å²) in [6, 6.07) is 77.9. The quantitative estimate of drug-likeness (QED) is 0.112. The topological polar surface area (TPSA) is 45.7 Å². The maximum atomic E-state index is 6.85. The molecule has 0 amide bonds. The van der Waals surface area contributed by atoms with Crippen molar-refractivity contribution in [3.8, 4) is 56.6 Å². The number of nitrogens with zero attached hydrogens (tertiary/aromatic N) is 6. The smallest absolute Gasteiger partial charge is 0.267 e. The number of rotatable bonds is 8. The van der Waals surface area contributed by atoms with Gasteiger partial charge in [-0.15, -0.1) is 29.7 Å². The Morgan fingerprint density at radius 3 is 1.85 bits per heavy atom. The first-order valence-electron chi connectivity index (χ1n) is 25.1. The van der Waals surface area contributed by atoms with E-state index in [4.69, 9.17) is 9.72 Å². The average molecular weight is 1150 g/mol. The van der Waals surface area contributed by atoms with Crippen molar-refractivity contribution in [2.75, 3.05) is 0 Å². The number of ether oxygens (including phenoxy) is 1. The fourth-order valence-electron chi connectivity index (χ4n) is 11.3. The summed E-state index contributed by atoms with van der Waals surface area (Å²) in [4.78, 5) is 5.19. The predicted octanol–water partition coefficient (Wildman–Crippen LogP) is 15.8. The van der Waals surface area contributed by atoms with Gasteiger partial charge in [-0.25, -0.2) is 4.98 Å². The Morgan fingerprint density at radius 1 is 0.533 bits per heavy atom. The molecule has 9 aromatic carbocycles. The van der Waals surface area contributed by atoms with Gasteiger partial charge in [-0.05, 0) is 80.7 Å². The van der Waals surface area contributed by atoms with E-state index in [0.717, 1.165) is 94.4 Å². The third-order valence-corrected chi connectivity index (χ3v) is 14.7. The van der Waals surface area contributed by atoms with Gasteiger partial charge in [-0.1, -0.05) is 160 Å². The minimum Gasteiger partial charge on any atom is -0.510 e. The van der Waals surface area contributed by atoms with Gasteiger partial charge in [0.05, 0.1) is 27.8 Å². The number of fused-ring (bicyclic) bond motifs is 12. The molecular weight excluding hydrogens is 1100 g/mol. The van der Waals surface area contributed by atoms with Gasteiger partial charge in [0.2, 0.25) is 0 Å². The van der Waals surface area contributed by atoms with Gasteiger partial charge in [0.25, 0.3) is 6.33 Å². The van der Waals surface area contributed by atoms with Crippen molar-refractivity contribution in [2.45, 2.75) is 26.2 Å². The van der Waals surface area contributed by atoms with Crippen molar-refractivity contribution in [1.29, 1.82) is 0 Å². The van der Waals surface area contributed by atoms with Crippen molar-refractivity contribution >= 4 is 65.4 Å². The predicted molar refractivity (Wildman–Crippen MR) is 300 cm³/mol. The van der Waals surface area contributed by atoms with Crippen LogP contribution in [0.4, 0.5) is 0 Å². The first-order chi connectivity index (χ1) is 36.3. The second-order valence-corrected chi connectivity index (χ2v) is 20.1. The molecule has 0 atom stereocenters. The molecule has 0 fully saturated rings. The molecule has 0 bridgehead atoms. The maximum Gasteiger partial charge on any atom is 0.267 e. The molecule has 0 aliphatic carbocycles. The van der Waals surface area contributed by atoms with Crippen LogP contribution in [0.25, 0.3) is 111 Å². The molecule has 364 valence electrons. The van der Waals surface area contributed by atoms with E-state index < -0.39 is 0 Å². The van der Waals surface area contributed by atoms with Gasteiger partial charge in [-0.3, -0.25) is 4.57 Å². The molecule has 0 aliphatic heterocycles. The molecule has 0 aliphatic rings. The van der Waals surface area contributed by atoms with Crippen LogP contribution >= 0.6 is 0 Å². The Labute approximate surface area is 449 Å². The Morgan fingerprint density at radius 2 is 1.15 bits per heavy atom. The number of aromatic nitrogens is 6. The second-order valence-electron chi connectivity index (χ2n) is 20.1. The molecule has 75 heavy (non-hydrogen) atoms. The minimum absolute atomic E-state index is 0. The van der Waals surface area contributed by atoms with Crippen molar-refractivity contribution in [3.05, 3.63) is 243 Å². The van der Waals surface area contributed by atoms with Gasteiger partial charge in [0.15, 0.2) is 0 Å². The van der Waals surface area contributed by atoms with Crippen LogP contribution in [0, 0.1) is 18.5 Å². The number of hydrogen-bond donors (Lipinski definition) is 0. The van der Waals surface area contributed by atoms with E-state index in [-0.39, 0.29) is 26.5 Å². The fraction of sp³-hybridized carbons (Fsp3) is 0.0746. The molecule has 14 rings (SSSR count). The molecule has 0 radical (unpaired) electrons. The van der Waals surface area contributed by atoms with E-state index in [1.54, 1.807) is 0 Å². The Balaban J connectivity index is 0.00000541. The van der Waals surface area contributed by atoms with Crippen molar-refractivity contribution in [3.63, 3.8) is 0 Å². The molecule has 0 saturated carbocycles. The Kier molecular flexibility index (Phi) is 11.1. The summed E-state index contributed by atoms with van der Waals surface area (Å²) in [6.45, 7) is 6.76. The number of benzene rings is 9. The third kappa shape index (κ3) is 7.44. The van der Waals surface area contributed by atoms with Gasteiger partial charge < -0.3 is 23.0 Å². The summed E-state index contributed by atoms with van der Waals surface area (Å²) in [6.07, 6.45) is 9.65. The van der Waals surface area contributed by atoms with E-state index in [0.29, 0.717) is 11.5 Å². The van der Waals surface area contributed by atoms with Gasteiger partial charge in [0, 0.05) is 91.0 Å². The van der Waals surface area contributed by atoms with Gasteiger partial charge >= 0.3 is 0 Å². The summed E-state index contributed by atoms with van der Waals surface area (Å²) in [7, 11) is 2.20. The number of para-hydroxylation sites is 4. The van der Waals surface area contributed by atoms with Gasteiger partial charge in [-0.2, -0.15) is 18.2 Å². The van der Waals surface area contributed by atoms with E-state index in [9.17, 15) is 0 Å². The summed E-state index contributed by atoms with van der Waals surface area (Å²) >= 11 is 0. The van der Waals surface area contributed by atoms with Crippen molar-refractivity contribution < 1.29 is 30.4 Å². The van der Waals surface area contributed by atoms with Gasteiger partial charge in [0.1, 0.15) is 5.82 Å². The van der Waals surface area contributed by atoms with Crippen LogP contribution in [0.3, 0.4) is 0 Å². The second kappa shape index (κ2) is 18.0. The van der Waals surface area contributed by atoms with E-state index in [1.807, 2.05) is 41.2 Å². The molecule has 14 aromatic rings. The number of imidazole rings is 1. The van der Waals surface area contributed by atoms with Crippen molar-refractivity contribution in [1.82, 2.24) is 23.3 Å². The minimum atomic E-state index is -0.119. The van der Waals surface area contributed by atoms with Crippen LogP contribution in [-0.4, -0.2) is 23.3 Å². The van der Waals surface area contributed by atoms with E-state index in [2.05, 4.69) is 247 Å². The number of pyridine rings is 1. The fourth-order valence-corrected chi connectivity index (χ4v) is 11.3. The molecule has 7 nitrogen and oxygen atoms in total. The average Bonchev–Trinajstić information content (AvgIpc) is 4.42. The number of hydrogen-bond acceptors (Lipinski definition) is 2. The van der Waals surface area contributed by atoms with Crippen LogP contribution in [0.1, 0.15) is 26.3 Å². The first-order valence-corrected chi connectivity index (χ1v) is 25.1. The normalized spacial score (nSPS) is 11.9. The molecule has 8 heteroatoms. The zero-order chi connectivity index (χ0) is 49.7. The van der Waals surface area contributed by atoms with Crippen LogP contribution in [0.5, 0.6) is 11.5 Å². The van der Waals surface area contributed by atoms with Crippen LogP contribution in [-0.2, 0) is 33.5 Å². The third-order valence-electron chi connectivity index (χ3n) is 14.7. The maximum absolute atomic E-state index is 6.85. The van der Waals surface area contributed by atoms with Crippen molar-refractivity contribution in [2.24, 2.45) is 7.05 Å². The standard InChI is InChI=1S/C67H48N6O.Pt/c1-67(2,3)46-36-37-68-59(40-46)73-58-42-50(74-49-27-18-26-48(41-49)70-38-39-71(43-70)63-51(44-20-8-5-9-21-44)30-19-31-52(63)45-22-10-6-11-23-45)34-35-55(58)60-61-54-29-15-17-33-57(54)72(47-24-12-7-13-25-47)66(61)65-62(64(60)73)53-28-14-16-32-56(53)69(65)4;/h5-40H,1-4H3;/q-2;. The summed E-state index contributed by atoms with van der Waals surface area (Å²) < 4.78 is 18.1. The monoisotopic (exact) mass is 1150 g/mol. The summed E-state index contributed by atoms with van der Waals surface area (Å²) in [5, 5.41) is 6.88. The van der Waals surface area contributed by atoms with E-state index >= 15 is 0 Å². The summed E-state index contributed by atoms with van der Waals surface area (Å²) in [5.41, 5.74) is 15.0. The summed E-state index contributed by atoms with van der Waals surface area (Å²) in [5.74, 6) is 1.94. The molecular formula is C67H48N6OPt-2. The number of aryl methyl sites for hydroxylation is 1. The Bertz CT molecular complexity index is 4440. The molecule has 0 N–H and O–H groups in total. The molecule has 5 heterocycles. The SMILES string of the molecule is Cn1c2ccccc2c2c1c1c(c3ccccc3n1-c1ccccc1)c1c3ccc(Oc4[c-]c(-[n+]5[c-]n(-c6c(-c7ccccc7)cccc6-c6ccccc6)cc5)ccc4)[c-]c3n(-c3cc(C(C)(C)C)ccn3)c12.[Pt]. The first kappa shape index (κ1) is 46.0. The molecule has 0 unspecified atom stereocenters. The zero-order valence-corrected chi connectivity index (χ0v) is 44.0. The molecule has 0 spiro atoms. The zero-order valence-electron chi connectivity index (χ0n) is 41.7. The molecule has 5 aromatic heterocycles.